The van der Waals surface area contributed by atoms with E-state index in [2.05, 4.69) is 5.32 Å². The standard InChI is InChI=1S/C15H22N2O2.ClH/c1-11(2)19-14-6-4-12(5-7-14)15(18)17(3)13-8-9-16-10-13;/h4-7,11,13,16H,8-10H2,1-3H3;1H/t13-;/m1./s1. The summed E-state index contributed by atoms with van der Waals surface area (Å²) < 4.78 is 5.57. The fourth-order valence-electron chi connectivity index (χ4n) is 2.29. The van der Waals surface area contributed by atoms with Gasteiger partial charge in [-0.15, -0.1) is 12.4 Å². The minimum atomic E-state index is 0. The van der Waals surface area contributed by atoms with Gasteiger partial charge in [-0.25, -0.2) is 0 Å². The molecule has 5 heteroatoms. The highest BCUT2D eigenvalue weighted by Gasteiger charge is 2.23. The minimum Gasteiger partial charge on any atom is -0.491 e. The number of amides is 1. The summed E-state index contributed by atoms with van der Waals surface area (Å²) >= 11 is 0. The summed E-state index contributed by atoms with van der Waals surface area (Å²) in [6.45, 7) is 5.85. The van der Waals surface area contributed by atoms with Crippen LogP contribution < -0.4 is 10.1 Å². The van der Waals surface area contributed by atoms with Crippen LogP contribution in [-0.2, 0) is 0 Å². The van der Waals surface area contributed by atoms with Crippen LogP contribution >= 0.6 is 12.4 Å². The maximum absolute atomic E-state index is 12.3. The molecule has 1 heterocycles. The Labute approximate surface area is 126 Å². The second-order valence-electron chi connectivity index (χ2n) is 5.25. The van der Waals surface area contributed by atoms with Crippen molar-refractivity contribution in [1.82, 2.24) is 10.2 Å². The van der Waals surface area contributed by atoms with Crippen LogP contribution in [0.4, 0.5) is 0 Å². The third kappa shape index (κ3) is 4.12. The third-order valence-electron chi connectivity index (χ3n) is 3.38. The summed E-state index contributed by atoms with van der Waals surface area (Å²) in [6.07, 6.45) is 1.17. The molecule has 1 aliphatic heterocycles. The van der Waals surface area contributed by atoms with Crippen molar-refractivity contribution in [3.63, 3.8) is 0 Å². The van der Waals surface area contributed by atoms with E-state index in [0.29, 0.717) is 11.6 Å². The Morgan fingerprint density at radius 2 is 2.00 bits per heavy atom. The number of carbonyl (C=O) groups excluding carboxylic acids is 1. The average Bonchev–Trinajstić information content (AvgIpc) is 2.91. The van der Waals surface area contributed by atoms with Gasteiger partial charge in [-0.2, -0.15) is 0 Å². The highest BCUT2D eigenvalue weighted by atomic mass is 35.5. The van der Waals surface area contributed by atoms with Crippen molar-refractivity contribution in [1.29, 1.82) is 0 Å². The molecular formula is C15H23ClN2O2. The van der Waals surface area contributed by atoms with E-state index >= 15 is 0 Å². The van der Waals surface area contributed by atoms with Crippen LogP contribution in [0.5, 0.6) is 5.75 Å². The lowest BCUT2D eigenvalue weighted by Gasteiger charge is -2.23. The van der Waals surface area contributed by atoms with E-state index in [1.807, 2.05) is 50.1 Å². The number of nitrogens with zero attached hydrogens (tertiary/aromatic N) is 1. The van der Waals surface area contributed by atoms with Crippen LogP contribution in [0.1, 0.15) is 30.6 Å². The molecule has 0 spiro atoms. The number of halogens is 1. The Hall–Kier alpha value is -1.26. The second kappa shape index (κ2) is 7.50. The molecule has 0 unspecified atom stereocenters. The van der Waals surface area contributed by atoms with E-state index in [4.69, 9.17) is 4.74 Å². The zero-order chi connectivity index (χ0) is 13.8. The maximum atomic E-state index is 12.3. The molecule has 20 heavy (non-hydrogen) atoms. The molecule has 0 bridgehead atoms. The molecule has 1 fully saturated rings. The molecule has 0 aliphatic carbocycles. The molecule has 2 rings (SSSR count). The normalized spacial score (nSPS) is 17.7. The zero-order valence-corrected chi connectivity index (χ0v) is 13.1. The zero-order valence-electron chi connectivity index (χ0n) is 12.3. The van der Waals surface area contributed by atoms with E-state index < -0.39 is 0 Å². The number of nitrogens with one attached hydrogen (secondary N) is 1. The lowest BCUT2D eigenvalue weighted by Crippen LogP contribution is -2.38. The Kier molecular flexibility index (Phi) is 6.30. The maximum Gasteiger partial charge on any atom is 0.253 e. The highest BCUT2D eigenvalue weighted by Crippen LogP contribution is 2.16. The van der Waals surface area contributed by atoms with E-state index in [9.17, 15) is 4.79 Å². The first-order valence-electron chi connectivity index (χ1n) is 6.82. The molecule has 1 aliphatic rings. The van der Waals surface area contributed by atoms with Gasteiger partial charge in [0.15, 0.2) is 0 Å². The SMILES string of the molecule is CC(C)Oc1ccc(C(=O)N(C)[C@@H]2CCNC2)cc1.Cl. The van der Waals surface area contributed by atoms with E-state index in [1.54, 1.807) is 0 Å². The molecule has 1 aromatic carbocycles. The van der Waals surface area contributed by atoms with Crippen molar-refractivity contribution < 1.29 is 9.53 Å². The van der Waals surface area contributed by atoms with E-state index in [1.165, 1.54) is 0 Å². The smallest absolute Gasteiger partial charge is 0.253 e. The lowest BCUT2D eigenvalue weighted by molar-refractivity contribution is 0.0744. The van der Waals surface area contributed by atoms with Gasteiger partial charge in [0.1, 0.15) is 5.75 Å². The summed E-state index contributed by atoms with van der Waals surface area (Å²) in [6, 6.07) is 7.68. The van der Waals surface area contributed by atoms with Crippen molar-refractivity contribution in [2.45, 2.75) is 32.4 Å². The van der Waals surface area contributed by atoms with Crippen molar-refractivity contribution in [2.75, 3.05) is 20.1 Å². The molecule has 112 valence electrons. The Morgan fingerprint density at radius 3 is 2.50 bits per heavy atom. The Bertz CT molecular complexity index is 428. The molecule has 1 atom stereocenters. The molecule has 1 aromatic rings. The quantitative estimate of drug-likeness (QED) is 0.927. The predicted molar refractivity (Wildman–Crippen MR) is 82.8 cm³/mol. The predicted octanol–water partition coefficient (Wildman–Crippen LogP) is 2.33. The van der Waals surface area contributed by atoms with Crippen LogP contribution in [0.3, 0.4) is 0 Å². The van der Waals surface area contributed by atoms with Crippen LogP contribution in [-0.4, -0.2) is 43.1 Å². The van der Waals surface area contributed by atoms with Gasteiger partial charge in [-0.1, -0.05) is 0 Å². The van der Waals surface area contributed by atoms with Crippen LogP contribution in [0.2, 0.25) is 0 Å². The number of carbonyl (C=O) groups is 1. The van der Waals surface area contributed by atoms with Crippen molar-refractivity contribution in [3.05, 3.63) is 29.8 Å². The van der Waals surface area contributed by atoms with Crippen molar-refractivity contribution in [2.24, 2.45) is 0 Å². The molecular weight excluding hydrogens is 276 g/mol. The molecule has 0 aromatic heterocycles. The number of hydrogen-bond donors (Lipinski definition) is 1. The Morgan fingerprint density at radius 1 is 1.35 bits per heavy atom. The topological polar surface area (TPSA) is 41.6 Å². The second-order valence-corrected chi connectivity index (χ2v) is 5.25. The van der Waals surface area contributed by atoms with Crippen LogP contribution in [0.15, 0.2) is 24.3 Å². The fourth-order valence-corrected chi connectivity index (χ4v) is 2.29. The first kappa shape index (κ1) is 16.8. The molecule has 1 amide bonds. The summed E-state index contributed by atoms with van der Waals surface area (Å²) in [5, 5.41) is 3.28. The largest absolute Gasteiger partial charge is 0.491 e. The minimum absolute atomic E-state index is 0. The Balaban J connectivity index is 0.00000200. The molecule has 4 nitrogen and oxygen atoms in total. The molecule has 0 saturated carbocycles. The van der Waals surface area contributed by atoms with Crippen molar-refractivity contribution in [3.8, 4) is 5.75 Å². The first-order valence-corrected chi connectivity index (χ1v) is 6.82. The van der Waals surface area contributed by atoms with Gasteiger partial charge in [-0.3, -0.25) is 4.79 Å². The average molecular weight is 299 g/mol. The van der Waals surface area contributed by atoms with Gasteiger partial charge in [0.2, 0.25) is 0 Å². The summed E-state index contributed by atoms with van der Waals surface area (Å²) in [4.78, 5) is 14.2. The number of rotatable bonds is 4. The summed E-state index contributed by atoms with van der Waals surface area (Å²) in [5.74, 6) is 0.876. The van der Waals surface area contributed by atoms with Gasteiger partial charge in [0.25, 0.3) is 5.91 Å². The molecule has 0 radical (unpaired) electrons. The van der Waals surface area contributed by atoms with Crippen LogP contribution in [0, 0.1) is 0 Å². The van der Waals surface area contributed by atoms with Crippen LogP contribution in [0.25, 0.3) is 0 Å². The molecule has 1 saturated heterocycles. The highest BCUT2D eigenvalue weighted by molar-refractivity contribution is 5.94. The van der Waals surface area contributed by atoms with Gasteiger partial charge in [-0.05, 0) is 51.1 Å². The third-order valence-corrected chi connectivity index (χ3v) is 3.38. The molecule has 1 N–H and O–H groups in total. The van der Waals surface area contributed by atoms with Gasteiger partial charge in [0.05, 0.1) is 6.10 Å². The lowest BCUT2D eigenvalue weighted by atomic mass is 10.1. The van der Waals surface area contributed by atoms with E-state index in [0.717, 1.165) is 25.3 Å². The van der Waals surface area contributed by atoms with E-state index in [-0.39, 0.29) is 24.4 Å². The number of ether oxygens (including phenoxy) is 1. The number of likely N-dealkylation sites (N-methyl/N-ethyl adjacent to an activating group) is 1. The van der Waals surface area contributed by atoms with Gasteiger partial charge < -0.3 is 15.0 Å². The number of hydrogen-bond acceptors (Lipinski definition) is 3. The monoisotopic (exact) mass is 298 g/mol. The fraction of sp³-hybridized carbons (Fsp3) is 0.533. The van der Waals surface area contributed by atoms with Crippen molar-refractivity contribution >= 4 is 18.3 Å². The van der Waals surface area contributed by atoms with Gasteiger partial charge in [0, 0.05) is 25.2 Å². The first-order chi connectivity index (χ1) is 9.08. The number of benzene rings is 1. The van der Waals surface area contributed by atoms with Gasteiger partial charge >= 0.3 is 0 Å². The summed E-state index contributed by atoms with van der Waals surface area (Å²) in [7, 11) is 1.87. The summed E-state index contributed by atoms with van der Waals surface area (Å²) in [5.41, 5.74) is 0.713.